The largest absolute Gasteiger partial charge is 0.343 e. The number of halogens is 2. The maximum absolute atomic E-state index is 13.1. The Hall–Kier alpha value is -2.77. The lowest BCUT2D eigenvalue weighted by Gasteiger charge is -2.05. The van der Waals surface area contributed by atoms with Crippen LogP contribution in [0.15, 0.2) is 54.7 Å². The van der Waals surface area contributed by atoms with E-state index >= 15 is 0 Å². The zero-order chi connectivity index (χ0) is 19.2. The number of benzene rings is 2. The molecule has 27 heavy (non-hydrogen) atoms. The number of nitrogens with zero attached hydrogens (tertiary/aromatic N) is 1. The SMILES string of the molecule is O=C(CNC(=O)c1cccc(F)c1)Nc1ncc(Cc2ccc(Cl)cc2)s1. The Morgan fingerprint density at radius 1 is 1.15 bits per heavy atom. The molecule has 0 saturated heterocycles. The predicted octanol–water partition coefficient (Wildman–Crippen LogP) is 3.89. The Labute approximate surface area is 164 Å². The highest BCUT2D eigenvalue weighted by Gasteiger charge is 2.11. The predicted molar refractivity (Wildman–Crippen MR) is 104 cm³/mol. The van der Waals surface area contributed by atoms with Gasteiger partial charge in [0.1, 0.15) is 5.82 Å². The molecule has 3 aromatic rings. The van der Waals surface area contributed by atoms with E-state index in [0.29, 0.717) is 16.6 Å². The number of nitrogens with one attached hydrogen (secondary N) is 2. The quantitative estimate of drug-likeness (QED) is 0.655. The number of carbonyl (C=O) groups is 2. The van der Waals surface area contributed by atoms with E-state index in [-0.39, 0.29) is 12.1 Å². The number of thiazole rings is 1. The van der Waals surface area contributed by atoms with Crippen molar-refractivity contribution in [3.8, 4) is 0 Å². The van der Waals surface area contributed by atoms with Crippen molar-refractivity contribution in [3.05, 3.63) is 81.6 Å². The monoisotopic (exact) mass is 403 g/mol. The van der Waals surface area contributed by atoms with Crippen LogP contribution in [-0.2, 0) is 11.2 Å². The third-order valence-electron chi connectivity index (χ3n) is 3.59. The van der Waals surface area contributed by atoms with Crippen LogP contribution in [0.5, 0.6) is 0 Å². The molecule has 8 heteroatoms. The number of hydrogen-bond donors (Lipinski definition) is 2. The second-order valence-corrected chi connectivity index (χ2v) is 7.23. The molecule has 0 radical (unpaired) electrons. The summed E-state index contributed by atoms with van der Waals surface area (Å²) in [5.74, 6) is -1.44. The summed E-state index contributed by atoms with van der Waals surface area (Å²) in [6.45, 7) is -0.235. The van der Waals surface area contributed by atoms with Gasteiger partial charge in [-0.25, -0.2) is 9.37 Å². The minimum atomic E-state index is -0.521. The fraction of sp³-hybridized carbons (Fsp3) is 0.105. The summed E-state index contributed by atoms with van der Waals surface area (Å²) in [6, 6.07) is 12.8. The molecule has 0 aliphatic carbocycles. The minimum Gasteiger partial charge on any atom is -0.343 e. The standard InChI is InChI=1S/C19H15ClFN3O2S/c20-14-6-4-12(5-7-14)8-16-10-23-19(27-16)24-17(25)11-22-18(26)13-2-1-3-15(21)9-13/h1-7,9-10H,8,11H2,(H,22,26)(H,23,24,25). The summed E-state index contributed by atoms with van der Waals surface area (Å²) < 4.78 is 13.1. The first kappa shape index (κ1) is 19.0. The summed E-state index contributed by atoms with van der Waals surface area (Å²) in [7, 11) is 0. The molecule has 2 N–H and O–H groups in total. The van der Waals surface area contributed by atoms with Gasteiger partial charge in [-0.2, -0.15) is 0 Å². The van der Waals surface area contributed by atoms with Crippen molar-refractivity contribution in [1.29, 1.82) is 0 Å². The van der Waals surface area contributed by atoms with Crippen LogP contribution in [0.2, 0.25) is 5.02 Å². The van der Waals surface area contributed by atoms with Crippen LogP contribution in [0.4, 0.5) is 9.52 Å². The van der Waals surface area contributed by atoms with Crippen molar-refractivity contribution < 1.29 is 14.0 Å². The van der Waals surface area contributed by atoms with Gasteiger partial charge in [0.25, 0.3) is 5.91 Å². The Bertz CT molecular complexity index is 960. The van der Waals surface area contributed by atoms with Gasteiger partial charge in [-0.05, 0) is 35.9 Å². The molecule has 0 saturated carbocycles. The number of rotatable bonds is 6. The molecule has 1 heterocycles. The van der Waals surface area contributed by atoms with Crippen LogP contribution in [0.1, 0.15) is 20.8 Å². The van der Waals surface area contributed by atoms with Crippen molar-refractivity contribution in [2.75, 3.05) is 11.9 Å². The average molecular weight is 404 g/mol. The molecule has 1 aromatic heterocycles. The maximum Gasteiger partial charge on any atom is 0.251 e. The lowest BCUT2D eigenvalue weighted by molar-refractivity contribution is -0.115. The van der Waals surface area contributed by atoms with E-state index in [0.717, 1.165) is 16.5 Å². The van der Waals surface area contributed by atoms with Crippen molar-refractivity contribution >= 4 is 39.9 Å². The molecule has 0 aliphatic heterocycles. The van der Waals surface area contributed by atoms with Crippen LogP contribution in [0, 0.1) is 5.82 Å². The first-order valence-corrected chi connectivity index (χ1v) is 9.22. The molecule has 2 amide bonds. The molecule has 0 fully saturated rings. The van der Waals surface area contributed by atoms with E-state index in [1.807, 2.05) is 24.3 Å². The smallest absolute Gasteiger partial charge is 0.251 e. The Morgan fingerprint density at radius 3 is 2.67 bits per heavy atom. The Morgan fingerprint density at radius 2 is 1.93 bits per heavy atom. The van der Waals surface area contributed by atoms with Crippen molar-refractivity contribution in [2.45, 2.75) is 6.42 Å². The van der Waals surface area contributed by atoms with Gasteiger partial charge in [-0.1, -0.05) is 29.8 Å². The third-order valence-corrected chi connectivity index (χ3v) is 4.75. The summed E-state index contributed by atoms with van der Waals surface area (Å²) >= 11 is 7.22. The summed E-state index contributed by atoms with van der Waals surface area (Å²) in [4.78, 5) is 29.0. The highest BCUT2D eigenvalue weighted by atomic mass is 35.5. The molecule has 0 bridgehead atoms. The number of carbonyl (C=O) groups excluding carboxylic acids is 2. The van der Waals surface area contributed by atoms with Gasteiger partial charge >= 0.3 is 0 Å². The van der Waals surface area contributed by atoms with Gasteiger partial charge in [0.2, 0.25) is 5.91 Å². The van der Waals surface area contributed by atoms with Gasteiger partial charge in [0.05, 0.1) is 6.54 Å². The number of anilines is 1. The fourth-order valence-corrected chi connectivity index (χ4v) is 3.30. The zero-order valence-electron chi connectivity index (χ0n) is 14.0. The lowest BCUT2D eigenvalue weighted by atomic mass is 10.1. The molecule has 0 unspecified atom stereocenters. The number of hydrogen-bond acceptors (Lipinski definition) is 4. The zero-order valence-corrected chi connectivity index (χ0v) is 15.6. The number of aromatic nitrogens is 1. The second kappa shape index (κ2) is 8.75. The summed E-state index contributed by atoms with van der Waals surface area (Å²) in [5.41, 5.74) is 1.24. The topological polar surface area (TPSA) is 71.1 Å². The van der Waals surface area contributed by atoms with Gasteiger partial charge in [-0.3, -0.25) is 9.59 Å². The first-order valence-electron chi connectivity index (χ1n) is 8.02. The first-order chi connectivity index (χ1) is 13.0. The fourth-order valence-electron chi connectivity index (χ4n) is 2.31. The van der Waals surface area contributed by atoms with E-state index in [9.17, 15) is 14.0 Å². The highest BCUT2D eigenvalue weighted by Crippen LogP contribution is 2.21. The molecule has 0 aliphatic rings. The number of amides is 2. The Balaban J connectivity index is 1.50. The summed E-state index contributed by atoms with van der Waals surface area (Å²) in [5, 5.41) is 6.20. The van der Waals surface area contributed by atoms with E-state index < -0.39 is 17.6 Å². The average Bonchev–Trinajstić information content (AvgIpc) is 3.08. The lowest BCUT2D eigenvalue weighted by Crippen LogP contribution is -2.32. The minimum absolute atomic E-state index is 0.155. The second-order valence-electron chi connectivity index (χ2n) is 5.68. The summed E-state index contributed by atoms with van der Waals surface area (Å²) in [6.07, 6.45) is 2.38. The van der Waals surface area contributed by atoms with Gasteiger partial charge in [-0.15, -0.1) is 11.3 Å². The molecule has 0 atom stereocenters. The van der Waals surface area contributed by atoms with Crippen LogP contribution in [-0.4, -0.2) is 23.3 Å². The third kappa shape index (κ3) is 5.60. The van der Waals surface area contributed by atoms with E-state index in [1.165, 1.54) is 29.5 Å². The van der Waals surface area contributed by atoms with Crippen molar-refractivity contribution in [3.63, 3.8) is 0 Å². The molecule has 138 valence electrons. The van der Waals surface area contributed by atoms with E-state index in [2.05, 4.69) is 15.6 Å². The van der Waals surface area contributed by atoms with Crippen LogP contribution >= 0.6 is 22.9 Å². The van der Waals surface area contributed by atoms with Gasteiger partial charge in [0, 0.05) is 28.1 Å². The molecule has 0 spiro atoms. The van der Waals surface area contributed by atoms with Crippen molar-refractivity contribution in [1.82, 2.24) is 10.3 Å². The van der Waals surface area contributed by atoms with Gasteiger partial charge < -0.3 is 10.6 Å². The molecular weight excluding hydrogens is 389 g/mol. The van der Waals surface area contributed by atoms with E-state index in [4.69, 9.17) is 11.6 Å². The van der Waals surface area contributed by atoms with Crippen LogP contribution in [0.3, 0.4) is 0 Å². The highest BCUT2D eigenvalue weighted by molar-refractivity contribution is 7.15. The maximum atomic E-state index is 13.1. The Kier molecular flexibility index (Phi) is 6.16. The molecule has 3 rings (SSSR count). The molecular formula is C19H15ClFN3O2S. The van der Waals surface area contributed by atoms with Crippen molar-refractivity contribution in [2.24, 2.45) is 0 Å². The van der Waals surface area contributed by atoms with Crippen LogP contribution < -0.4 is 10.6 Å². The molecule has 2 aromatic carbocycles. The van der Waals surface area contributed by atoms with Gasteiger partial charge in [0.15, 0.2) is 5.13 Å². The molecule has 5 nitrogen and oxygen atoms in total. The normalized spacial score (nSPS) is 10.4. The van der Waals surface area contributed by atoms with Crippen LogP contribution in [0.25, 0.3) is 0 Å². The van der Waals surface area contributed by atoms with E-state index in [1.54, 1.807) is 6.20 Å².